The van der Waals surface area contributed by atoms with Crippen molar-refractivity contribution in [3.63, 3.8) is 0 Å². The van der Waals surface area contributed by atoms with Gasteiger partial charge >= 0.3 is 0 Å². The summed E-state index contributed by atoms with van der Waals surface area (Å²) in [6.07, 6.45) is 0. The molecule has 0 N–H and O–H groups in total. The summed E-state index contributed by atoms with van der Waals surface area (Å²) in [7, 11) is 5.76. The fraction of sp³-hybridized carbons (Fsp3) is 0.917. The zero-order chi connectivity index (χ0) is 12.7. The highest BCUT2D eigenvalue weighted by Crippen LogP contribution is 2.01. The van der Waals surface area contributed by atoms with Crippen LogP contribution in [0.15, 0.2) is 0 Å². The molecule has 1 saturated heterocycles. The molecule has 0 bridgehead atoms. The van der Waals surface area contributed by atoms with Gasteiger partial charge in [0.1, 0.15) is 6.61 Å². The maximum Gasteiger partial charge on any atom is 0.172 e. The third-order valence-electron chi connectivity index (χ3n) is 3.03. The SMILES string of the molecule is COCC(=O)CN1CCN(CCN(C)C)CC1. The van der Waals surface area contributed by atoms with E-state index in [1.165, 1.54) is 0 Å². The fourth-order valence-electron chi connectivity index (χ4n) is 1.97. The molecule has 0 atom stereocenters. The number of carbonyl (C=O) groups is 1. The van der Waals surface area contributed by atoms with Crippen molar-refractivity contribution >= 4 is 5.78 Å². The Morgan fingerprint density at radius 2 is 1.76 bits per heavy atom. The van der Waals surface area contributed by atoms with Crippen molar-refractivity contribution in [3.8, 4) is 0 Å². The molecule has 0 unspecified atom stereocenters. The van der Waals surface area contributed by atoms with Gasteiger partial charge in [-0.15, -0.1) is 0 Å². The molecule has 0 radical (unpaired) electrons. The number of ketones is 1. The standard InChI is InChI=1S/C12H25N3O2/c1-13(2)4-5-14-6-8-15(9-7-14)10-12(16)11-17-3/h4-11H2,1-3H3. The van der Waals surface area contributed by atoms with Crippen molar-refractivity contribution in [1.82, 2.24) is 14.7 Å². The van der Waals surface area contributed by atoms with Gasteiger partial charge in [0.2, 0.25) is 0 Å². The second-order valence-corrected chi connectivity index (χ2v) is 4.89. The van der Waals surface area contributed by atoms with Gasteiger partial charge in [0.25, 0.3) is 0 Å². The van der Waals surface area contributed by atoms with Crippen molar-refractivity contribution < 1.29 is 9.53 Å². The summed E-state index contributed by atoms with van der Waals surface area (Å²) in [6, 6.07) is 0. The van der Waals surface area contributed by atoms with Crippen molar-refractivity contribution in [1.29, 1.82) is 0 Å². The van der Waals surface area contributed by atoms with Gasteiger partial charge in [0.05, 0.1) is 6.54 Å². The highest BCUT2D eigenvalue weighted by Gasteiger charge is 2.18. The Morgan fingerprint density at radius 3 is 2.29 bits per heavy atom. The minimum absolute atomic E-state index is 0.175. The van der Waals surface area contributed by atoms with Gasteiger partial charge in [-0.05, 0) is 14.1 Å². The average molecular weight is 243 g/mol. The highest BCUT2D eigenvalue weighted by molar-refractivity contribution is 5.81. The lowest BCUT2D eigenvalue weighted by Crippen LogP contribution is -2.49. The van der Waals surface area contributed by atoms with Crippen molar-refractivity contribution in [2.75, 3.05) is 73.6 Å². The largest absolute Gasteiger partial charge is 0.377 e. The highest BCUT2D eigenvalue weighted by atomic mass is 16.5. The van der Waals surface area contributed by atoms with E-state index < -0.39 is 0 Å². The summed E-state index contributed by atoms with van der Waals surface area (Å²) in [5, 5.41) is 0. The molecule has 1 fully saturated rings. The monoisotopic (exact) mass is 243 g/mol. The van der Waals surface area contributed by atoms with E-state index in [0.717, 1.165) is 39.3 Å². The number of ether oxygens (including phenoxy) is 1. The Labute approximate surface area is 104 Å². The number of hydrogen-bond acceptors (Lipinski definition) is 5. The minimum atomic E-state index is 0.175. The molecule has 1 aliphatic rings. The predicted molar refractivity (Wildman–Crippen MR) is 68.3 cm³/mol. The van der Waals surface area contributed by atoms with Crippen molar-refractivity contribution in [2.24, 2.45) is 0 Å². The normalized spacial score (nSPS) is 18.8. The van der Waals surface area contributed by atoms with E-state index in [1.807, 2.05) is 0 Å². The summed E-state index contributed by atoms with van der Waals surface area (Å²) < 4.78 is 4.84. The lowest BCUT2D eigenvalue weighted by Gasteiger charge is -2.34. The van der Waals surface area contributed by atoms with E-state index in [2.05, 4.69) is 28.8 Å². The van der Waals surface area contributed by atoms with E-state index in [-0.39, 0.29) is 12.4 Å². The molecular formula is C12H25N3O2. The molecule has 0 aromatic rings. The first-order valence-corrected chi connectivity index (χ1v) is 6.22. The summed E-state index contributed by atoms with van der Waals surface area (Å²) >= 11 is 0. The number of methoxy groups -OCH3 is 1. The Morgan fingerprint density at radius 1 is 1.18 bits per heavy atom. The van der Waals surface area contributed by atoms with Gasteiger partial charge in [-0.3, -0.25) is 14.6 Å². The second kappa shape index (κ2) is 7.76. The van der Waals surface area contributed by atoms with E-state index in [1.54, 1.807) is 7.11 Å². The molecule has 0 amide bonds. The second-order valence-electron chi connectivity index (χ2n) is 4.89. The van der Waals surface area contributed by atoms with E-state index >= 15 is 0 Å². The van der Waals surface area contributed by atoms with Crippen LogP contribution in [0.1, 0.15) is 0 Å². The third-order valence-corrected chi connectivity index (χ3v) is 3.03. The van der Waals surface area contributed by atoms with Crippen LogP contribution in [0.2, 0.25) is 0 Å². The number of nitrogens with zero attached hydrogens (tertiary/aromatic N) is 3. The minimum Gasteiger partial charge on any atom is -0.377 e. The Bertz CT molecular complexity index is 226. The lowest BCUT2D eigenvalue weighted by molar-refractivity contribution is -0.124. The van der Waals surface area contributed by atoms with Crippen LogP contribution < -0.4 is 0 Å². The number of rotatable bonds is 7. The van der Waals surface area contributed by atoms with Crippen LogP contribution in [0.25, 0.3) is 0 Å². The van der Waals surface area contributed by atoms with Gasteiger partial charge in [0.15, 0.2) is 5.78 Å². The molecule has 1 aliphatic heterocycles. The summed E-state index contributed by atoms with van der Waals surface area (Å²) in [6.45, 7) is 7.10. The van der Waals surface area contributed by atoms with Crippen molar-refractivity contribution in [2.45, 2.75) is 0 Å². The first-order chi connectivity index (χ1) is 8.11. The summed E-state index contributed by atoms with van der Waals surface area (Å²) in [5.74, 6) is 0.175. The number of Topliss-reactive ketones (excluding diaryl/α,β-unsaturated/α-hetero) is 1. The topological polar surface area (TPSA) is 36.0 Å². The quantitative estimate of drug-likeness (QED) is 0.596. The Hall–Kier alpha value is -0.490. The Kier molecular flexibility index (Phi) is 6.65. The van der Waals surface area contributed by atoms with Crippen LogP contribution in [-0.2, 0) is 9.53 Å². The maximum atomic E-state index is 11.4. The van der Waals surface area contributed by atoms with Crippen LogP contribution >= 0.6 is 0 Å². The van der Waals surface area contributed by atoms with Crippen LogP contribution in [0.4, 0.5) is 0 Å². The number of likely N-dealkylation sites (N-methyl/N-ethyl adjacent to an activating group) is 1. The zero-order valence-corrected chi connectivity index (χ0v) is 11.3. The van der Waals surface area contributed by atoms with Crippen LogP contribution in [0, 0.1) is 0 Å². The molecular weight excluding hydrogens is 218 g/mol. The molecule has 0 spiro atoms. The van der Waals surface area contributed by atoms with Gasteiger partial charge in [-0.2, -0.15) is 0 Å². The molecule has 0 aromatic carbocycles. The first-order valence-electron chi connectivity index (χ1n) is 6.22. The summed E-state index contributed by atoms with van der Waals surface area (Å²) in [4.78, 5) is 18.3. The van der Waals surface area contributed by atoms with Crippen LogP contribution in [0.3, 0.4) is 0 Å². The van der Waals surface area contributed by atoms with Crippen LogP contribution in [0.5, 0.6) is 0 Å². The van der Waals surface area contributed by atoms with Crippen LogP contribution in [-0.4, -0.2) is 94.1 Å². The van der Waals surface area contributed by atoms with Gasteiger partial charge in [0, 0.05) is 46.4 Å². The average Bonchev–Trinajstić information content (AvgIpc) is 2.28. The third kappa shape index (κ3) is 6.12. The van der Waals surface area contributed by atoms with Crippen molar-refractivity contribution in [3.05, 3.63) is 0 Å². The number of carbonyl (C=O) groups excluding carboxylic acids is 1. The molecule has 5 heteroatoms. The predicted octanol–water partition coefficient (Wildman–Crippen LogP) is -0.619. The van der Waals surface area contributed by atoms with E-state index in [0.29, 0.717) is 6.54 Å². The molecule has 5 nitrogen and oxygen atoms in total. The number of piperazine rings is 1. The van der Waals surface area contributed by atoms with Gasteiger partial charge < -0.3 is 9.64 Å². The van der Waals surface area contributed by atoms with E-state index in [9.17, 15) is 4.79 Å². The smallest absolute Gasteiger partial charge is 0.172 e. The van der Waals surface area contributed by atoms with Gasteiger partial charge in [-0.1, -0.05) is 0 Å². The Balaban J connectivity index is 2.15. The summed E-state index contributed by atoms with van der Waals surface area (Å²) in [5.41, 5.74) is 0. The maximum absolute atomic E-state index is 11.4. The molecule has 1 rings (SSSR count). The fourth-order valence-corrected chi connectivity index (χ4v) is 1.97. The molecule has 0 aromatic heterocycles. The van der Waals surface area contributed by atoms with Gasteiger partial charge in [-0.25, -0.2) is 0 Å². The van der Waals surface area contributed by atoms with E-state index in [4.69, 9.17) is 4.74 Å². The molecule has 1 heterocycles. The molecule has 17 heavy (non-hydrogen) atoms. The first kappa shape index (κ1) is 14.6. The lowest BCUT2D eigenvalue weighted by atomic mass is 10.3. The molecule has 0 saturated carbocycles. The number of hydrogen-bond donors (Lipinski definition) is 0. The molecule has 100 valence electrons. The zero-order valence-electron chi connectivity index (χ0n) is 11.3. The molecule has 0 aliphatic carbocycles.